The second-order valence-corrected chi connectivity index (χ2v) is 14.2. The molecule has 1 N–H and O–H groups in total. The van der Waals surface area contributed by atoms with E-state index in [-0.39, 0.29) is 49.2 Å². The van der Waals surface area contributed by atoms with Gasteiger partial charge in [0.05, 0.1) is 20.2 Å². The van der Waals surface area contributed by atoms with E-state index in [1.807, 2.05) is 127 Å². The number of urea groups is 1. The van der Waals surface area contributed by atoms with Crippen molar-refractivity contribution in [2.24, 2.45) is 0 Å². The van der Waals surface area contributed by atoms with Crippen LogP contribution in [0.2, 0.25) is 0 Å². The standard InChI is InChI=1S/C44H45N5O5/c1-30(2)49(44(53)45-26-33-20-22-37(54-3)23-21-33)47-29-42(51)48-39(24-31-16-18-32(19-17-31)25-40(50)35-11-5-4-6-12-35)43(52)46(28-41(47)48)27-36-14-9-13-34-10-7-8-15-38(34)36/h4-23,30,39,41H,24-29H2,1-3H3,(H,45,53)/t39-,41+/m0/s1. The molecule has 0 bridgehead atoms. The lowest BCUT2D eigenvalue weighted by Gasteiger charge is -2.47. The van der Waals surface area contributed by atoms with Gasteiger partial charge in [-0.2, -0.15) is 5.01 Å². The van der Waals surface area contributed by atoms with Crippen molar-refractivity contribution >= 4 is 34.4 Å². The maximum Gasteiger partial charge on any atom is 0.332 e. The number of hydrogen-bond donors (Lipinski definition) is 1. The highest BCUT2D eigenvalue weighted by Crippen LogP contribution is 2.32. The van der Waals surface area contributed by atoms with Crippen molar-refractivity contribution in [1.82, 2.24) is 25.1 Å². The second kappa shape index (κ2) is 15.9. The molecule has 276 valence electrons. The first-order chi connectivity index (χ1) is 26.2. The van der Waals surface area contributed by atoms with E-state index in [4.69, 9.17) is 4.74 Å². The van der Waals surface area contributed by atoms with Crippen LogP contribution in [0, 0.1) is 0 Å². The van der Waals surface area contributed by atoms with Gasteiger partial charge >= 0.3 is 6.03 Å². The van der Waals surface area contributed by atoms with Crippen LogP contribution >= 0.6 is 0 Å². The maximum atomic E-state index is 14.5. The average molecular weight is 724 g/mol. The number of benzene rings is 5. The number of rotatable bonds is 12. The number of ketones is 1. The van der Waals surface area contributed by atoms with Gasteiger partial charge in [0.15, 0.2) is 5.78 Å². The van der Waals surface area contributed by atoms with Crippen LogP contribution < -0.4 is 10.1 Å². The zero-order valence-corrected chi connectivity index (χ0v) is 30.9. The summed E-state index contributed by atoms with van der Waals surface area (Å²) >= 11 is 0. The Morgan fingerprint density at radius 3 is 2.20 bits per heavy atom. The molecule has 7 rings (SSSR count). The lowest BCUT2D eigenvalue weighted by Crippen LogP contribution is -2.66. The number of hydrazine groups is 1. The fraction of sp³-hybridized carbons (Fsp3) is 0.273. The molecule has 0 saturated carbocycles. The predicted octanol–water partition coefficient (Wildman–Crippen LogP) is 6.23. The van der Waals surface area contributed by atoms with Gasteiger partial charge in [0.25, 0.3) is 0 Å². The van der Waals surface area contributed by atoms with Gasteiger partial charge in [-0.25, -0.2) is 4.79 Å². The topological polar surface area (TPSA) is 102 Å². The quantitative estimate of drug-likeness (QED) is 0.153. The number of nitrogens with one attached hydrogen (secondary N) is 1. The maximum absolute atomic E-state index is 14.5. The molecule has 0 aromatic heterocycles. The fourth-order valence-electron chi connectivity index (χ4n) is 7.58. The van der Waals surface area contributed by atoms with E-state index >= 15 is 0 Å². The smallest absolute Gasteiger partial charge is 0.332 e. The first kappa shape index (κ1) is 36.4. The molecule has 2 atom stereocenters. The molecule has 0 aliphatic carbocycles. The number of carbonyl (C=O) groups is 4. The van der Waals surface area contributed by atoms with Gasteiger partial charge in [-0.15, -0.1) is 0 Å². The van der Waals surface area contributed by atoms with Crippen LogP contribution in [0.1, 0.15) is 46.5 Å². The Kier molecular flexibility index (Phi) is 10.7. The van der Waals surface area contributed by atoms with E-state index in [9.17, 15) is 19.2 Å². The van der Waals surface area contributed by atoms with Gasteiger partial charge < -0.3 is 19.9 Å². The predicted molar refractivity (Wildman–Crippen MR) is 207 cm³/mol. The molecule has 2 aliphatic rings. The van der Waals surface area contributed by atoms with Crippen molar-refractivity contribution in [2.75, 3.05) is 20.2 Å². The van der Waals surface area contributed by atoms with Crippen molar-refractivity contribution < 1.29 is 23.9 Å². The Morgan fingerprint density at radius 1 is 0.815 bits per heavy atom. The molecule has 5 aromatic rings. The summed E-state index contributed by atoms with van der Waals surface area (Å²) < 4.78 is 5.27. The Bertz CT molecular complexity index is 2130. The van der Waals surface area contributed by atoms with E-state index in [2.05, 4.69) is 23.5 Å². The SMILES string of the molecule is COc1ccc(CNC(=O)N(C(C)C)N2CC(=O)N3[C@@H](Cc4ccc(CC(=O)c5ccccc5)cc4)C(=O)N(Cc4cccc5ccccc45)C[C@@H]32)cc1. The summed E-state index contributed by atoms with van der Waals surface area (Å²) in [7, 11) is 1.61. The normalized spacial score (nSPS) is 17.2. The van der Waals surface area contributed by atoms with Crippen molar-refractivity contribution in [1.29, 1.82) is 0 Å². The number of amides is 4. The third-order valence-corrected chi connectivity index (χ3v) is 10.3. The molecule has 54 heavy (non-hydrogen) atoms. The fourth-order valence-corrected chi connectivity index (χ4v) is 7.58. The molecule has 5 aromatic carbocycles. The number of hydrogen-bond acceptors (Lipinski definition) is 6. The monoisotopic (exact) mass is 723 g/mol. The minimum absolute atomic E-state index is 0.0308. The molecule has 0 radical (unpaired) electrons. The van der Waals surface area contributed by atoms with Gasteiger partial charge in [-0.1, -0.05) is 109 Å². The summed E-state index contributed by atoms with van der Waals surface area (Å²) in [6, 6.07) is 37.2. The first-order valence-electron chi connectivity index (χ1n) is 18.4. The van der Waals surface area contributed by atoms with E-state index < -0.39 is 12.2 Å². The molecule has 10 heteroatoms. The number of carbonyl (C=O) groups excluding carboxylic acids is 4. The van der Waals surface area contributed by atoms with Crippen molar-refractivity contribution in [3.05, 3.63) is 149 Å². The summed E-state index contributed by atoms with van der Waals surface area (Å²) in [5.74, 6) is 0.413. The largest absolute Gasteiger partial charge is 0.497 e. The zero-order chi connectivity index (χ0) is 37.8. The summed E-state index contributed by atoms with van der Waals surface area (Å²) in [5, 5.41) is 8.62. The molecule has 2 heterocycles. The Hall–Kier alpha value is -6.00. The number of piperazine rings is 1. The number of fused-ring (bicyclic) bond motifs is 2. The molecule has 2 saturated heterocycles. The van der Waals surface area contributed by atoms with Crippen LogP contribution in [0.15, 0.2) is 121 Å². The van der Waals surface area contributed by atoms with Crippen LogP contribution in [0.3, 0.4) is 0 Å². The van der Waals surface area contributed by atoms with E-state index in [1.165, 1.54) is 0 Å². The highest BCUT2D eigenvalue weighted by Gasteiger charge is 2.52. The summed E-state index contributed by atoms with van der Waals surface area (Å²) in [6.45, 7) is 4.69. The molecule has 0 unspecified atom stereocenters. The van der Waals surface area contributed by atoms with Gasteiger partial charge in [0.1, 0.15) is 18.0 Å². The van der Waals surface area contributed by atoms with Gasteiger partial charge in [-0.05, 0) is 59.0 Å². The lowest BCUT2D eigenvalue weighted by molar-refractivity contribution is -0.158. The number of ether oxygens (including phenoxy) is 1. The molecule has 2 aliphatic heterocycles. The zero-order valence-electron chi connectivity index (χ0n) is 30.9. The third kappa shape index (κ3) is 7.70. The molecule has 2 fully saturated rings. The van der Waals surface area contributed by atoms with Crippen LogP contribution in [-0.2, 0) is 35.5 Å². The molecule has 0 spiro atoms. The van der Waals surface area contributed by atoms with Crippen molar-refractivity contribution in [3.63, 3.8) is 0 Å². The van der Waals surface area contributed by atoms with Crippen LogP contribution in [0.5, 0.6) is 5.75 Å². The van der Waals surface area contributed by atoms with E-state index in [0.717, 1.165) is 38.8 Å². The Balaban J connectivity index is 1.16. The Labute approximate surface area is 315 Å². The van der Waals surface area contributed by atoms with Crippen LogP contribution in [-0.4, -0.2) is 81.9 Å². The highest BCUT2D eigenvalue weighted by atomic mass is 16.5. The first-order valence-corrected chi connectivity index (χ1v) is 18.4. The second-order valence-electron chi connectivity index (χ2n) is 14.2. The number of Topliss-reactive ketones (excluding diaryl/α,β-unsaturated/α-hetero) is 1. The lowest BCUT2D eigenvalue weighted by atomic mass is 9.97. The summed E-state index contributed by atoms with van der Waals surface area (Å²) in [4.78, 5) is 58.9. The average Bonchev–Trinajstić information content (AvgIpc) is 3.51. The van der Waals surface area contributed by atoms with E-state index in [0.29, 0.717) is 25.1 Å². The van der Waals surface area contributed by atoms with Gasteiger partial charge in [0, 0.05) is 37.5 Å². The van der Waals surface area contributed by atoms with Gasteiger partial charge in [-0.3, -0.25) is 19.4 Å². The number of methoxy groups -OCH3 is 1. The molecule has 4 amide bonds. The van der Waals surface area contributed by atoms with Gasteiger partial charge in [0.2, 0.25) is 11.8 Å². The van der Waals surface area contributed by atoms with E-state index in [1.54, 1.807) is 17.0 Å². The third-order valence-electron chi connectivity index (χ3n) is 10.3. The molecular weight excluding hydrogens is 679 g/mol. The molecular formula is C44H45N5O5. The van der Waals surface area contributed by atoms with Crippen LogP contribution in [0.4, 0.5) is 4.79 Å². The van der Waals surface area contributed by atoms with Crippen molar-refractivity contribution in [2.45, 2.75) is 58.0 Å². The summed E-state index contributed by atoms with van der Waals surface area (Å²) in [5.41, 5.74) is 4.32. The minimum atomic E-state index is -0.788. The van der Waals surface area contributed by atoms with Crippen LogP contribution in [0.25, 0.3) is 10.8 Å². The highest BCUT2D eigenvalue weighted by molar-refractivity contribution is 5.97. The Morgan fingerprint density at radius 2 is 1.48 bits per heavy atom. The minimum Gasteiger partial charge on any atom is -0.497 e. The number of nitrogens with zero attached hydrogens (tertiary/aromatic N) is 4. The molecule has 10 nitrogen and oxygen atoms in total. The van der Waals surface area contributed by atoms with Crippen molar-refractivity contribution in [3.8, 4) is 5.75 Å². The summed E-state index contributed by atoms with van der Waals surface area (Å²) in [6.07, 6.45) is -0.00944.